The zero-order chi connectivity index (χ0) is 20.2. The summed E-state index contributed by atoms with van der Waals surface area (Å²) in [4.78, 5) is 26.0. The van der Waals surface area contributed by atoms with E-state index in [0.717, 1.165) is 0 Å². The summed E-state index contributed by atoms with van der Waals surface area (Å²) >= 11 is 0. The molecule has 0 saturated carbocycles. The number of fused-ring (bicyclic) bond motifs is 1. The van der Waals surface area contributed by atoms with Gasteiger partial charge >= 0.3 is 0 Å². The van der Waals surface area contributed by atoms with Gasteiger partial charge in [-0.05, 0) is 30.3 Å². The first-order valence-electron chi connectivity index (χ1n) is 8.69. The molecular weight excluding hydrogens is 379 g/mol. The molecule has 4 aromatic rings. The smallest absolute Gasteiger partial charge is 0.260 e. The van der Waals surface area contributed by atoms with Crippen LogP contribution in [0.25, 0.3) is 17.0 Å². The van der Waals surface area contributed by atoms with Crippen molar-refractivity contribution in [1.29, 1.82) is 0 Å². The molecule has 10 heteroatoms. The number of nitrogens with one attached hydrogen (secondary N) is 2. The molecule has 0 aliphatic carbocycles. The van der Waals surface area contributed by atoms with Gasteiger partial charge in [-0.1, -0.05) is 12.1 Å². The molecule has 146 valence electrons. The Hall–Kier alpha value is -4.08. The summed E-state index contributed by atoms with van der Waals surface area (Å²) < 4.78 is 20.5. The highest BCUT2D eigenvalue weighted by atomic mass is 19.1. The van der Waals surface area contributed by atoms with Gasteiger partial charge < -0.3 is 15.0 Å². The lowest BCUT2D eigenvalue weighted by Gasteiger charge is -2.07. The number of halogens is 1. The van der Waals surface area contributed by atoms with Crippen molar-refractivity contribution < 1.29 is 13.9 Å². The van der Waals surface area contributed by atoms with Crippen LogP contribution >= 0.6 is 0 Å². The molecule has 2 N–H and O–H groups in total. The van der Waals surface area contributed by atoms with Crippen LogP contribution in [0.5, 0.6) is 5.88 Å². The first-order valence-corrected chi connectivity index (χ1v) is 8.69. The fraction of sp³-hybridized carbons (Fsp3) is 0.105. The maximum absolute atomic E-state index is 13.5. The fourth-order valence-corrected chi connectivity index (χ4v) is 2.67. The quantitative estimate of drug-likeness (QED) is 0.478. The highest BCUT2D eigenvalue weighted by Gasteiger charge is 2.12. The third-order valence-corrected chi connectivity index (χ3v) is 4.02. The molecule has 1 amide bonds. The number of pyridine rings is 1. The number of carbonyl (C=O) groups excluding carboxylic acids is 1. The Bertz CT molecular complexity index is 1240. The van der Waals surface area contributed by atoms with Gasteiger partial charge in [0.2, 0.25) is 5.88 Å². The van der Waals surface area contributed by atoms with Gasteiger partial charge in [0.25, 0.3) is 11.5 Å². The second-order valence-corrected chi connectivity index (χ2v) is 5.99. The molecule has 0 aliphatic rings. The van der Waals surface area contributed by atoms with Crippen molar-refractivity contribution in [1.82, 2.24) is 30.1 Å². The topological polar surface area (TPSA) is 114 Å². The molecule has 9 nitrogen and oxygen atoms in total. The van der Waals surface area contributed by atoms with Gasteiger partial charge in [-0.25, -0.2) is 4.39 Å². The SMILES string of the molecule is O=C(NCCOc1ccc2nnc(-c3cccc(F)c3)n2n1)c1ccc[nH]c1=O. The molecule has 0 unspecified atom stereocenters. The number of nitrogens with zero attached hydrogens (tertiary/aromatic N) is 4. The van der Waals surface area contributed by atoms with Crippen LogP contribution in [0.15, 0.2) is 59.5 Å². The van der Waals surface area contributed by atoms with E-state index in [1.165, 1.54) is 28.9 Å². The van der Waals surface area contributed by atoms with E-state index in [2.05, 4.69) is 25.6 Å². The molecule has 3 heterocycles. The summed E-state index contributed by atoms with van der Waals surface area (Å²) in [5, 5.41) is 15.0. The first-order chi connectivity index (χ1) is 14.1. The van der Waals surface area contributed by atoms with Crippen LogP contribution in [0.3, 0.4) is 0 Å². The standard InChI is InChI=1S/C19H15FN6O3/c20-13-4-1-3-12(11-13)17-24-23-15-6-7-16(25-26(15)17)29-10-9-22-19(28)14-5-2-8-21-18(14)27/h1-8,11H,9-10H2,(H,21,27)(H,22,28). The summed E-state index contributed by atoms with van der Waals surface area (Å²) in [5.41, 5.74) is 0.572. The number of aromatic amines is 1. The first kappa shape index (κ1) is 18.3. The van der Waals surface area contributed by atoms with E-state index in [-0.39, 0.29) is 30.4 Å². The Labute approximate surface area is 163 Å². The van der Waals surface area contributed by atoms with Crippen molar-refractivity contribution in [2.24, 2.45) is 0 Å². The van der Waals surface area contributed by atoms with Crippen LogP contribution in [-0.4, -0.2) is 43.9 Å². The van der Waals surface area contributed by atoms with Crippen LogP contribution < -0.4 is 15.6 Å². The predicted octanol–water partition coefficient (Wildman–Crippen LogP) is 1.43. The van der Waals surface area contributed by atoms with Crippen LogP contribution in [0, 0.1) is 5.82 Å². The average Bonchev–Trinajstić information content (AvgIpc) is 3.15. The third-order valence-electron chi connectivity index (χ3n) is 4.02. The van der Waals surface area contributed by atoms with Gasteiger partial charge in [-0.2, -0.15) is 4.52 Å². The second kappa shape index (κ2) is 7.89. The molecule has 3 aromatic heterocycles. The van der Waals surface area contributed by atoms with Crippen molar-refractivity contribution in [3.63, 3.8) is 0 Å². The summed E-state index contributed by atoms with van der Waals surface area (Å²) in [5.74, 6) is -0.228. The number of H-pyrrole nitrogens is 1. The van der Waals surface area contributed by atoms with Crippen molar-refractivity contribution in [2.45, 2.75) is 0 Å². The lowest BCUT2D eigenvalue weighted by Crippen LogP contribution is -2.32. The van der Waals surface area contributed by atoms with Crippen LogP contribution in [0.2, 0.25) is 0 Å². The van der Waals surface area contributed by atoms with Gasteiger partial charge in [-0.15, -0.1) is 15.3 Å². The van der Waals surface area contributed by atoms with E-state index in [0.29, 0.717) is 17.0 Å². The van der Waals surface area contributed by atoms with Gasteiger partial charge in [-0.3, -0.25) is 9.59 Å². The largest absolute Gasteiger partial charge is 0.475 e. The molecule has 0 fully saturated rings. The van der Waals surface area contributed by atoms with Gasteiger partial charge in [0, 0.05) is 17.8 Å². The van der Waals surface area contributed by atoms with Crippen LogP contribution in [0.4, 0.5) is 4.39 Å². The minimum absolute atomic E-state index is 0.0243. The van der Waals surface area contributed by atoms with Crippen LogP contribution in [-0.2, 0) is 0 Å². The van der Waals surface area contributed by atoms with Crippen LogP contribution in [0.1, 0.15) is 10.4 Å². The zero-order valence-corrected chi connectivity index (χ0v) is 15.0. The molecule has 0 spiro atoms. The molecular formula is C19H15FN6O3. The number of carbonyl (C=O) groups is 1. The second-order valence-electron chi connectivity index (χ2n) is 5.99. The maximum atomic E-state index is 13.5. The number of hydrogen-bond acceptors (Lipinski definition) is 6. The number of amides is 1. The van der Waals surface area contributed by atoms with E-state index in [1.807, 2.05) is 0 Å². The molecule has 0 radical (unpaired) electrons. The van der Waals surface area contributed by atoms with Gasteiger partial charge in [0.05, 0.1) is 6.54 Å². The lowest BCUT2D eigenvalue weighted by molar-refractivity contribution is 0.0945. The van der Waals surface area contributed by atoms with E-state index < -0.39 is 11.5 Å². The van der Waals surface area contributed by atoms with E-state index in [4.69, 9.17) is 4.74 Å². The fourth-order valence-electron chi connectivity index (χ4n) is 2.67. The maximum Gasteiger partial charge on any atom is 0.260 e. The number of hydrogen-bond donors (Lipinski definition) is 2. The Morgan fingerprint density at radius 3 is 2.90 bits per heavy atom. The molecule has 0 saturated heterocycles. The van der Waals surface area contributed by atoms with Crippen molar-refractivity contribution >= 4 is 11.6 Å². The van der Waals surface area contributed by atoms with E-state index in [1.54, 1.807) is 30.3 Å². The van der Waals surface area contributed by atoms with Crippen molar-refractivity contribution in [3.8, 4) is 17.3 Å². The zero-order valence-electron chi connectivity index (χ0n) is 15.0. The minimum Gasteiger partial charge on any atom is -0.475 e. The summed E-state index contributed by atoms with van der Waals surface area (Å²) in [6.07, 6.45) is 1.45. The highest BCUT2D eigenvalue weighted by molar-refractivity contribution is 5.93. The molecule has 0 aliphatic heterocycles. The summed E-state index contributed by atoms with van der Waals surface area (Å²) in [7, 11) is 0. The third kappa shape index (κ3) is 3.95. The minimum atomic E-state index is -0.494. The molecule has 4 rings (SSSR count). The molecule has 0 bridgehead atoms. The Morgan fingerprint density at radius 2 is 2.07 bits per heavy atom. The summed E-state index contributed by atoms with van der Waals surface area (Å²) in [6.45, 7) is 0.304. The number of aromatic nitrogens is 5. The average molecular weight is 394 g/mol. The number of benzene rings is 1. The summed E-state index contributed by atoms with van der Waals surface area (Å²) in [6, 6.07) is 12.2. The lowest BCUT2D eigenvalue weighted by atomic mass is 10.2. The molecule has 29 heavy (non-hydrogen) atoms. The van der Waals surface area contributed by atoms with Crippen molar-refractivity contribution in [2.75, 3.05) is 13.2 Å². The number of ether oxygens (including phenoxy) is 1. The van der Waals surface area contributed by atoms with E-state index >= 15 is 0 Å². The number of rotatable bonds is 6. The van der Waals surface area contributed by atoms with E-state index in [9.17, 15) is 14.0 Å². The van der Waals surface area contributed by atoms with Gasteiger partial charge in [0.1, 0.15) is 18.0 Å². The normalized spacial score (nSPS) is 10.8. The molecule has 0 atom stereocenters. The van der Waals surface area contributed by atoms with Crippen molar-refractivity contribution in [3.05, 3.63) is 76.5 Å². The Kier molecular flexibility index (Phi) is 4.97. The predicted molar refractivity (Wildman–Crippen MR) is 101 cm³/mol. The van der Waals surface area contributed by atoms with Gasteiger partial charge in [0.15, 0.2) is 11.5 Å². The Morgan fingerprint density at radius 1 is 1.17 bits per heavy atom. The monoisotopic (exact) mass is 394 g/mol. The Balaban J connectivity index is 1.42. The molecule has 1 aromatic carbocycles. The highest BCUT2D eigenvalue weighted by Crippen LogP contribution is 2.19.